The van der Waals surface area contributed by atoms with Gasteiger partial charge >= 0.3 is 0 Å². The number of nitrogens with one attached hydrogen (secondary N) is 1. The molecule has 7 nitrogen and oxygen atoms in total. The monoisotopic (exact) mass is 491 g/mol. The first-order valence-corrected chi connectivity index (χ1v) is 12.9. The summed E-state index contributed by atoms with van der Waals surface area (Å²) in [6, 6.07) is 13.3. The smallest absolute Gasteiger partial charge is 0.242 e. The quantitative estimate of drug-likeness (QED) is 0.492. The largest absolute Gasteiger partial charge is 0.352 e. The molecule has 34 heavy (non-hydrogen) atoms. The first-order chi connectivity index (χ1) is 16.1. The summed E-state index contributed by atoms with van der Waals surface area (Å²) in [5, 5.41) is 2.86. The Morgan fingerprint density at radius 1 is 1.03 bits per heavy atom. The fourth-order valence-corrected chi connectivity index (χ4v) is 4.58. The van der Waals surface area contributed by atoms with Crippen molar-refractivity contribution in [2.24, 2.45) is 0 Å². The summed E-state index contributed by atoms with van der Waals surface area (Å²) in [5.41, 5.74) is 0.308. The van der Waals surface area contributed by atoms with Crippen LogP contribution in [0.1, 0.15) is 45.6 Å². The summed E-state index contributed by atoms with van der Waals surface area (Å²) in [6.45, 7) is 5.50. The lowest BCUT2D eigenvalue weighted by atomic mass is 10.1. The van der Waals surface area contributed by atoms with E-state index in [2.05, 4.69) is 5.32 Å². The highest BCUT2D eigenvalue weighted by Crippen LogP contribution is 2.17. The molecule has 0 aliphatic heterocycles. The first-order valence-electron chi connectivity index (χ1n) is 11.4. The minimum atomic E-state index is -3.66. The number of hydrogen-bond acceptors (Lipinski definition) is 4. The average Bonchev–Trinajstić information content (AvgIpc) is 2.83. The standard InChI is InChI=1S/C25H34FN3O4S/c1-5-19(2)27-25(31)20(3)29(18-21-12-9-10-15-23(21)26)24(30)16-11-17-28(4)34(32,33)22-13-7-6-8-14-22/h6-10,12-15,19-20H,5,11,16-18H2,1-4H3,(H,27,31)/t19-,20+/m0/s1. The Hall–Kier alpha value is -2.78. The van der Waals surface area contributed by atoms with Gasteiger partial charge in [-0.2, -0.15) is 0 Å². The van der Waals surface area contributed by atoms with Gasteiger partial charge in [-0.05, 0) is 44.9 Å². The minimum absolute atomic E-state index is 0.0179. The van der Waals surface area contributed by atoms with Gasteiger partial charge in [0.2, 0.25) is 21.8 Å². The lowest BCUT2D eigenvalue weighted by Crippen LogP contribution is -2.49. The van der Waals surface area contributed by atoms with E-state index in [4.69, 9.17) is 0 Å². The molecule has 2 atom stereocenters. The molecule has 0 heterocycles. The molecule has 0 aliphatic rings. The molecule has 0 fully saturated rings. The van der Waals surface area contributed by atoms with Crippen LogP contribution in [0.5, 0.6) is 0 Å². The lowest BCUT2D eigenvalue weighted by molar-refractivity contribution is -0.141. The summed E-state index contributed by atoms with van der Waals surface area (Å²) in [4.78, 5) is 27.4. The minimum Gasteiger partial charge on any atom is -0.352 e. The van der Waals surface area contributed by atoms with Crippen LogP contribution in [-0.4, -0.2) is 55.1 Å². The Labute approximate surface area is 202 Å². The third-order valence-corrected chi connectivity index (χ3v) is 7.65. The zero-order chi connectivity index (χ0) is 25.3. The molecule has 0 unspecified atom stereocenters. The van der Waals surface area contributed by atoms with Gasteiger partial charge in [0.05, 0.1) is 4.90 Å². The summed E-state index contributed by atoms with van der Waals surface area (Å²) in [5.74, 6) is -1.12. The van der Waals surface area contributed by atoms with Gasteiger partial charge in [-0.25, -0.2) is 17.1 Å². The summed E-state index contributed by atoms with van der Waals surface area (Å²) >= 11 is 0. The van der Waals surface area contributed by atoms with Crippen LogP contribution >= 0.6 is 0 Å². The molecule has 0 aliphatic carbocycles. The van der Waals surface area contributed by atoms with Crippen LogP contribution in [-0.2, 0) is 26.2 Å². The molecule has 1 N–H and O–H groups in total. The highest BCUT2D eigenvalue weighted by molar-refractivity contribution is 7.89. The normalized spacial score (nSPS) is 13.4. The van der Waals surface area contributed by atoms with Crippen molar-refractivity contribution in [3.8, 4) is 0 Å². The van der Waals surface area contributed by atoms with Gasteiger partial charge < -0.3 is 10.2 Å². The summed E-state index contributed by atoms with van der Waals surface area (Å²) in [6.07, 6.45) is 1.01. The Morgan fingerprint density at radius 2 is 1.65 bits per heavy atom. The van der Waals surface area contributed by atoms with E-state index in [1.54, 1.807) is 43.3 Å². The second kappa shape index (κ2) is 12.6. The van der Waals surface area contributed by atoms with Crippen LogP contribution in [0.15, 0.2) is 59.5 Å². The van der Waals surface area contributed by atoms with E-state index in [1.165, 1.54) is 34.5 Å². The maximum Gasteiger partial charge on any atom is 0.242 e. The van der Waals surface area contributed by atoms with Gasteiger partial charge in [0, 0.05) is 38.2 Å². The van der Waals surface area contributed by atoms with E-state index < -0.39 is 21.9 Å². The number of hydrogen-bond donors (Lipinski definition) is 1. The second-order valence-corrected chi connectivity index (χ2v) is 10.4. The molecule has 2 amide bonds. The van der Waals surface area contributed by atoms with Crippen molar-refractivity contribution in [3.05, 3.63) is 66.0 Å². The fourth-order valence-electron chi connectivity index (χ4n) is 3.35. The van der Waals surface area contributed by atoms with Crippen molar-refractivity contribution in [2.45, 2.75) is 63.6 Å². The zero-order valence-corrected chi connectivity index (χ0v) is 21.0. The molecule has 0 saturated carbocycles. The number of nitrogens with zero attached hydrogens (tertiary/aromatic N) is 2. The summed E-state index contributed by atoms with van der Waals surface area (Å²) < 4.78 is 40.9. The van der Waals surface area contributed by atoms with Gasteiger partial charge in [0.25, 0.3) is 0 Å². The maximum atomic E-state index is 14.3. The second-order valence-electron chi connectivity index (χ2n) is 8.35. The van der Waals surface area contributed by atoms with Crippen LogP contribution in [0.4, 0.5) is 4.39 Å². The number of halogens is 1. The highest BCUT2D eigenvalue weighted by Gasteiger charge is 2.28. The molecule has 2 rings (SSSR count). The maximum absolute atomic E-state index is 14.3. The molecule has 9 heteroatoms. The van der Waals surface area contributed by atoms with E-state index in [1.807, 2.05) is 13.8 Å². The Balaban J connectivity index is 2.10. The molecule has 0 aromatic heterocycles. The van der Waals surface area contributed by atoms with E-state index in [9.17, 15) is 22.4 Å². The first kappa shape index (κ1) is 27.5. The molecule has 0 radical (unpaired) electrons. The van der Waals surface area contributed by atoms with E-state index >= 15 is 0 Å². The van der Waals surface area contributed by atoms with Crippen molar-refractivity contribution < 1.29 is 22.4 Å². The van der Waals surface area contributed by atoms with Gasteiger partial charge in [-0.15, -0.1) is 0 Å². The van der Waals surface area contributed by atoms with Crippen LogP contribution < -0.4 is 5.32 Å². The van der Waals surface area contributed by atoms with Crippen LogP contribution in [0.25, 0.3) is 0 Å². The predicted octanol–water partition coefficient (Wildman–Crippen LogP) is 3.56. The van der Waals surface area contributed by atoms with Crippen molar-refractivity contribution in [1.29, 1.82) is 0 Å². The topological polar surface area (TPSA) is 86.8 Å². The fraction of sp³-hybridized carbons (Fsp3) is 0.440. The average molecular weight is 492 g/mol. The van der Waals surface area contributed by atoms with Crippen molar-refractivity contribution in [3.63, 3.8) is 0 Å². The van der Waals surface area contributed by atoms with Gasteiger partial charge in [0.15, 0.2) is 0 Å². The molecular weight excluding hydrogens is 457 g/mol. The van der Waals surface area contributed by atoms with Gasteiger partial charge in [0.1, 0.15) is 11.9 Å². The van der Waals surface area contributed by atoms with Crippen molar-refractivity contribution >= 4 is 21.8 Å². The molecule has 0 saturated heterocycles. The molecule has 2 aromatic rings. The number of sulfonamides is 1. The van der Waals surface area contributed by atoms with Crippen LogP contribution in [0.3, 0.4) is 0 Å². The molecule has 186 valence electrons. The summed E-state index contributed by atoms with van der Waals surface area (Å²) in [7, 11) is -2.20. The molecule has 0 bridgehead atoms. The third kappa shape index (κ3) is 7.36. The van der Waals surface area contributed by atoms with E-state index in [-0.39, 0.29) is 48.7 Å². The Kier molecular flexibility index (Phi) is 10.2. The van der Waals surface area contributed by atoms with E-state index in [0.29, 0.717) is 5.56 Å². The molecular formula is C25H34FN3O4S. The lowest BCUT2D eigenvalue weighted by Gasteiger charge is -2.30. The number of carbonyl (C=O) groups excluding carboxylic acids is 2. The Morgan fingerprint density at radius 3 is 2.26 bits per heavy atom. The SMILES string of the molecule is CC[C@H](C)NC(=O)[C@@H](C)N(Cc1ccccc1F)C(=O)CCCN(C)S(=O)(=O)c1ccccc1. The number of carbonyl (C=O) groups is 2. The zero-order valence-electron chi connectivity index (χ0n) is 20.2. The predicted molar refractivity (Wildman–Crippen MR) is 130 cm³/mol. The number of benzene rings is 2. The highest BCUT2D eigenvalue weighted by atomic mass is 32.2. The van der Waals surface area contributed by atoms with Gasteiger partial charge in [-0.1, -0.05) is 43.3 Å². The molecule has 0 spiro atoms. The number of amides is 2. The van der Waals surface area contributed by atoms with E-state index in [0.717, 1.165) is 6.42 Å². The van der Waals surface area contributed by atoms with Gasteiger partial charge in [-0.3, -0.25) is 9.59 Å². The van der Waals surface area contributed by atoms with Crippen molar-refractivity contribution in [2.75, 3.05) is 13.6 Å². The van der Waals surface area contributed by atoms with Crippen LogP contribution in [0, 0.1) is 5.82 Å². The Bertz CT molecular complexity index is 1060. The molecule has 2 aromatic carbocycles. The van der Waals surface area contributed by atoms with Crippen LogP contribution in [0.2, 0.25) is 0 Å². The third-order valence-electron chi connectivity index (χ3n) is 5.78. The van der Waals surface area contributed by atoms with Crippen molar-refractivity contribution in [1.82, 2.24) is 14.5 Å². The number of rotatable bonds is 12.